The first kappa shape index (κ1) is 12.5. The first-order valence-corrected chi connectivity index (χ1v) is 6.23. The molecule has 0 amide bonds. The summed E-state index contributed by atoms with van der Waals surface area (Å²) in [5.41, 5.74) is 2.63. The fourth-order valence-corrected chi connectivity index (χ4v) is 2.39. The summed E-state index contributed by atoms with van der Waals surface area (Å²) >= 11 is 0. The van der Waals surface area contributed by atoms with Crippen molar-refractivity contribution in [1.29, 1.82) is 0 Å². The highest BCUT2D eigenvalue weighted by Gasteiger charge is 2.34. The first-order chi connectivity index (χ1) is 9.50. The van der Waals surface area contributed by atoms with Gasteiger partial charge in [0, 0.05) is 26.5 Å². The van der Waals surface area contributed by atoms with Gasteiger partial charge in [0.05, 0.1) is 16.8 Å². The van der Waals surface area contributed by atoms with E-state index in [1.165, 1.54) is 0 Å². The molecule has 2 aromatic rings. The predicted molar refractivity (Wildman–Crippen MR) is 74.4 cm³/mol. The monoisotopic (exact) mass is 267 g/mol. The summed E-state index contributed by atoms with van der Waals surface area (Å²) in [5.74, 6) is -0.485. The Balaban J connectivity index is 2.32. The zero-order chi connectivity index (χ0) is 14.4. The van der Waals surface area contributed by atoms with Crippen LogP contribution in [0.3, 0.4) is 0 Å². The molecule has 3 rings (SSSR count). The van der Waals surface area contributed by atoms with E-state index in [9.17, 15) is 9.59 Å². The van der Waals surface area contributed by atoms with Crippen molar-refractivity contribution in [3.63, 3.8) is 0 Å². The number of ketones is 2. The van der Waals surface area contributed by atoms with Gasteiger partial charge in [-0.3, -0.25) is 19.6 Å². The summed E-state index contributed by atoms with van der Waals surface area (Å²) < 4.78 is 0. The van der Waals surface area contributed by atoms with E-state index in [0.717, 1.165) is 5.56 Å². The maximum atomic E-state index is 12.6. The fourth-order valence-electron chi connectivity index (χ4n) is 2.39. The largest absolute Gasteiger partial charge is 0.377 e. The van der Waals surface area contributed by atoms with Gasteiger partial charge in [0.2, 0.25) is 11.6 Å². The van der Waals surface area contributed by atoms with Crippen molar-refractivity contribution < 1.29 is 9.59 Å². The van der Waals surface area contributed by atoms with Crippen LogP contribution in [0.1, 0.15) is 37.7 Å². The van der Waals surface area contributed by atoms with Crippen molar-refractivity contribution in [2.24, 2.45) is 0 Å². The third kappa shape index (κ3) is 1.63. The molecule has 0 saturated heterocycles. The van der Waals surface area contributed by atoms with Crippen LogP contribution >= 0.6 is 0 Å². The summed E-state index contributed by atoms with van der Waals surface area (Å²) in [4.78, 5) is 35.1. The van der Waals surface area contributed by atoms with Crippen molar-refractivity contribution in [3.05, 3.63) is 52.6 Å². The molecule has 100 valence electrons. The van der Waals surface area contributed by atoms with Gasteiger partial charge in [0.1, 0.15) is 11.4 Å². The number of hydrogen-bond acceptors (Lipinski definition) is 5. The predicted octanol–water partition coefficient (Wildman–Crippen LogP) is 1.63. The summed E-state index contributed by atoms with van der Waals surface area (Å²) in [5, 5.41) is 0. The number of pyridine rings is 2. The smallest absolute Gasteiger partial charge is 0.216 e. The summed E-state index contributed by atoms with van der Waals surface area (Å²) in [7, 11) is 3.65. The van der Waals surface area contributed by atoms with Crippen LogP contribution in [0.4, 0.5) is 5.69 Å². The average Bonchev–Trinajstić information content (AvgIpc) is 2.43. The van der Waals surface area contributed by atoms with Crippen LogP contribution in [-0.2, 0) is 0 Å². The SMILES string of the molecule is Cc1cnc2c(c1)C(=O)c1nccc(N(C)C)c1C2=O. The van der Waals surface area contributed by atoms with E-state index >= 15 is 0 Å². The molecule has 1 aliphatic rings. The second-order valence-electron chi connectivity index (χ2n) is 5.02. The maximum absolute atomic E-state index is 12.6. The van der Waals surface area contributed by atoms with Crippen LogP contribution in [0.5, 0.6) is 0 Å². The van der Waals surface area contributed by atoms with Crippen LogP contribution in [-0.4, -0.2) is 35.6 Å². The molecule has 0 radical (unpaired) electrons. The zero-order valence-electron chi connectivity index (χ0n) is 11.5. The third-order valence-electron chi connectivity index (χ3n) is 3.34. The Labute approximate surface area is 116 Å². The zero-order valence-corrected chi connectivity index (χ0v) is 11.5. The third-order valence-corrected chi connectivity index (χ3v) is 3.34. The highest BCUT2D eigenvalue weighted by molar-refractivity contribution is 6.28. The quantitative estimate of drug-likeness (QED) is 0.670. The number of rotatable bonds is 1. The van der Waals surface area contributed by atoms with Gasteiger partial charge in [0.25, 0.3) is 0 Å². The number of aryl methyl sites for hydroxylation is 1. The number of nitrogens with zero attached hydrogens (tertiary/aromatic N) is 3. The van der Waals surface area contributed by atoms with Crippen molar-refractivity contribution in [1.82, 2.24) is 9.97 Å². The highest BCUT2D eigenvalue weighted by Crippen LogP contribution is 2.30. The molecule has 0 fully saturated rings. The number of aromatic nitrogens is 2. The van der Waals surface area contributed by atoms with Gasteiger partial charge in [-0.1, -0.05) is 0 Å². The molecule has 2 heterocycles. The van der Waals surface area contributed by atoms with Crippen molar-refractivity contribution in [2.75, 3.05) is 19.0 Å². The van der Waals surface area contributed by atoms with Gasteiger partial charge in [-0.05, 0) is 24.6 Å². The van der Waals surface area contributed by atoms with Gasteiger partial charge in [-0.2, -0.15) is 0 Å². The lowest BCUT2D eigenvalue weighted by Crippen LogP contribution is -2.26. The normalized spacial score (nSPS) is 12.9. The minimum atomic E-state index is -0.244. The molecule has 20 heavy (non-hydrogen) atoms. The lowest BCUT2D eigenvalue weighted by atomic mass is 9.88. The molecule has 0 bridgehead atoms. The van der Waals surface area contributed by atoms with Gasteiger partial charge in [-0.25, -0.2) is 0 Å². The standard InChI is InChI=1S/C15H13N3O2/c1-8-6-9-12(17-7-8)15(20)11-10(18(2)3)4-5-16-13(11)14(9)19/h4-7H,1-3H3. The number of fused-ring (bicyclic) bond motifs is 2. The Bertz CT molecular complexity index is 751. The highest BCUT2D eigenvalue weighted by atomic mass is 16.1. The Hall–Kier alpha value is -2.56. The van der Waals surface area contributed by atoms with Gasteiger partial charge < -0.3 is 4.90 Å². The lowest BCUT2D eigenvalue weighted by Gasteiger charge is -2.22. The Kier molecular flexibility index (Phi) is 2.64. The van der Waals surface area contributed by atoms with Gasteiger partial charge in [0.15, 0.2) is 0 Å². The molecule has 5 heteroatoms. The Morgan fingerprint density at radius 1 is 1.05 bits per heavy atom. The Morgan fingerprint density at radius 3 is 2.50 bits per heavy atom. The molecule has 0 aromatic carbocycles. The van der Waals surface area contributed by atoms with E-state index in [4.69, 9.17) is 0 Å². The van der Waals surface area contributed by atoms with E-state index in [0.29, 0.717) is 16.8 Å². The second kappa shape index (κ2) is 4.23. The summed E-state index contributed by atoms with van der Waals surface area (Å²) in [6.45, 7) is 1.84. The molecule has 0 aliphatic heterocycles. The average molecular weight is 267 g/mol. The van der Waals surface area contributed by atoms with Crippen LogP contribution < -0.4 is 4.90 Å². The lowest BCUT2D eigenvalue weighted by molar-refractivity contribution is 0.0972. The molecule has 2 aromatic heterocycles. The molecule has 0 unspecified atom stereocenters. The molecule has 0 spiro atoms. The molecular formula is C15H13N3O2. The first-order valence-electron chi connectivity index (χ1n) is 6.23. The molecule has 0 atom stereocenters. The van der Waals surface area contributed by atoms with Crippen molar-refractivity contribution >= 4 is 17.3 Å². The van der Waals surface area contributed by atoms with Crippen LogP contribution in [0.25, 0.3) is 0 Å². The van der Waals surface area contributed by atoms with Gasteiger partial charge >= 0.3 is 0 Å². The second-order valence-corrected chi connectivity index (χ2v) is 5.02. The summed E-state index contributed by atoms with van der Waals surface area (Å²) in [6, 6.07) is 3.42. The minimum Gasteiger partial charge on any atom is -0.377 e. The summed E-state index contributed by atoms with van der Waals surface area (Å²) in [6.07, 6.45) is 3.15. The van der Waals surface area contributed by atoms with Crippen LogP contribution in [0.2, 0.25) is 0 Å². The molecule has 0 saturated carbocycles. The van der Waals surface area contributed by atoms with E-state index in [1.54, 1.807) is 29.4 Å². The number of carbonyl (C=O) groups is 2. The molecular weight excluding hydrogens is 254 g/mol. The topological polar surface area (TPSA) is 63.2 Å². The minimum absolute atomic E-state index is 0.209. The van der Waals surface area contributed by atoms with E-state index in [1.807, 2.05) is 21.0 Å². The van der Waals surface area contributed by atoms with E-state index < -0.39 is 0 Å². The van der Waals surface area contributed by atoms with Gasteiger partial charge in [-0.15, -0.1) is 0 Å². The maximum Gasteiger partial charge on any atom is 0.216 e. The van der Waals surface area contributed by atoms with E-state index in [-0.39, 0.29) is 23.0 Å². The fraction of sp³-hybridized carbons (Fsp3) is 0.200. The van der Waals surface area contributed by atoms with Crippen molar-refractivity contribution in [3.8, 4) is 0 Å². The molecule has 0 N–H and O–H groups in total. The molecule has 1 aliphatic carbocycles. The number of anilines is 1. The number of carbonyl (C=O) groups excluding carboxylic acids is 2. The molecule has 5 nitrogen and oxygen atoms in total. The number of hydrogen-bond donors (Lipinski definition) is 0. The Morgan fingerprint density at radius 2 is 1.80 bits per heavy atom. The van der Waals surface area contributed by atoms with Crippen molar-refractivity contribution in [2.45, 2.75) is 6.92 Å². The van der Waals surface area contributed by atoms with Crippen LogP contribution in [0.15, 0.2) is 24.5 Å². The van der Waals surface area contributed by atoms with Crippen LogP contribution in [0, 0.1) is 6.92 Å². The van der Waals surface area contributed by atoms with E-state index in [2.05, 4.69) is 9.97 Å².